The summed E-state index contributed by atoms with van der Waals surface area (Å²) < 4.78 is 0. The first kappa shape index (κ1) is 24.9. The van der Waals surface area contributed by atoms with Crippen molar-refractivity contribution < 1.29 is 19.8 Å². The second-order valence-corrected chi connectivity index (χ2v) is 7.23. The van der Waals surface area contributed by atoms with Gasteiger partial charge in [-0.3, -0.25) is 9.59 Å². The van der Waals surface area contributed by atoms with Gasteiger partial charge < -0.3 is 20.8 Å². The number of nitrogens with zero attached hydrogens (tertiary/aromatic N) is 2. The van der Waals surface area contributed by atoms with Gasteiger partial charge in [0.15, 0.2) is 23.1 Å². The van der Waals surface area contributed by atoms with Crippen molar-refractivity contribution in [1.29, 1.82) is 0 Å². The van der Waals surface area contributed by atoms with E-state index in [1.54, 1.807) is 60.7 Å². The lowest BCUT2D eigenvalue weighted by Crippen LogP contribution is -2.12. The number of carbonyl (C=O) groups is 2. The summed E-state index contributed by atoms with van der Waals surface area (Å²) in [4.78, 5) is 32.6. The number of benzene rings is 2. The quantitative estimate of drug-likeness (QED) is 0.283. The van der Waals surface area contributed by atoms with Gasteiger partial charge in [0, 0.05) is 23.5 Å². The topological polar surface area (TPSA) is 124 Å². The zero-order valence-electron chi connectivity index (χ0n) is 18.3. The molecule has 0 atom stereocenters. The molecule has 0 fully saturated rings. The number of nitrogens with one attached hydrogen (secondary N) is 2. The third-order valence-electron chi connectivity index (χ3n) is 4.85. The van der Waals surface area contributed by atoms with Crippen LogP contribution in [0.15, 0.2) is 85.2 Å². The molecule has 0 aliphatic heterocycles. The van der Waals surface area contributed by atoms with E-state index in [2.05, 4.69) is 20.6 Å². The molecule has 0 saturated heterocycles. The second-order valence-electron chi connectivity index (χ2n) is 7.23. The van der Waals surface area contributed by atoms with Gasteiger partial charge in [0.25, 0.3) is 11.8 Å². The summed E-state index contributed by atoms with van der Waals surface area (Å²) >= 11 is 0. The van der Waals surface area contributed by atoms with E-state index in [-0.39, 0.29) is 47.4 Å². The molecule has 0 aliphatic rings. The molecule has 4 rings (SSSR count). The molecule has 2 amide bonds. The summed E-state index contributed by atoms with van der Waals surface area (Å²) in [6, 6.07) is 19.9. The summed E-state index contributed by atoms with van der Waals surface area (Å²) in [5.41, 5.74) is 2.61. The summed E-state index contributed by atoms with van der Waals surface area (Å²) in [5, 5.41) is 24.6. The lowest BCUT2D eigenvalue weighted by Gasteiger charge is -2.06. The van der Waals surface area contributed by atoms with E-state index in [4.69, 9.17) is 0 Å². The first-order valence-electron chi connectivity index (χ1n) is 10.3. The Morgan fingerprint density at radius 2 is 1.00 bits per heavy atom. The van der Waals surface area contributed by atoms with Gasteiger partial charge in [-0.2, -0.15) is 0 Å². The largest absolute Gasteiger partial charge is 0.504 e. The van der Waals surface area contributed by atoms with Crippen LogP contribution in [-0.2, 0) is 0 Å². The first-order chi connectivity index (χ1) is 16.5. The molecule has 0 spiro atoms. The number of halogens is 1. The number of aromatic hydroxyl groups is 2. The molecule has 4 N–H and O–H groups in total. The molecule has 2 aromatic heterocycles. The number of hydrogen-bond acceptors (Lipinski definition) is 6. The second kappa shape index (κ2) is 11.4. The van der Waals surface area contributed by atoms with E-state index in [0.717, 1.165) is 11.1 Å². The predicted octanol–water partition coefficient (Wildman–Crippen LogP) is 4.98. The van der Waals surface area contributed by atoms with Gasteiger partial charge >= 0.3 is 0 Å². The Bertz CT molecular complexity index is 1250. The zero-order valence-corrected chi connectivity index (χ0v) is 19.1. The van der Waals surface area contributed by atoms with Crippen LogP contribution >= 0.6 is 12.4 Å². The van der Waals surface area contributed by atoms with E-state index >= 15 is 0 Å². The number of aromatic nitrogens is 2. The third kappa shape index (κ3) is 6.43. The Kier molecular flexibility index (Phi) is 8.15. The van der Waals surface area contributed by atoms with Crippen LogP contribution in [0, 0.1) is 0 Å². The number of carbonyl (C=O) groups excluding carboxylic acids is 2. The minimum absolute atomic E-state index is 0. The maximum absolute atomic E-state index is 12.3. The van der Waals surface area contributed by atoms with E-state index in [9.17, 15) is 19.8 Å². The Morgan fingerprint density at radius 1 is 0.629 bits per heavy atom. The highest BCUT2D eigenvalue weighted by Gasteiger charge is 2.10. The van der Waals surface area contributed by atoms with Crippen molar-refractivity contribution in [3.05, 3.63) is 107 Å². The highest BCUT2D eigenvalue weighted by Crippen LogP contribution is 2.20. The van der Waals surface area contributed by atoms with Gasteiger partial charge in [-0.1, -0.05) is 36.4 Å². The molecule has 9 heteroatoms. The van der Waals surface area contributed by atoms with E-state index in [1.807, 2.05) is 12.2 Å². The molecule has 0 radical (unpaired) electrons. The van der Waals surface area contributed by atoms with E-state index < -0.39 is 0 Å². The van der Waals surface area contributed by atoms with Crippen LogP contribution in [0.25, 0.3) is 12.2 Å². The highest BCUT2D eigenvalue weighted by molar-refractivity contribution is 6.05. The van der Waals surface area contributed by atoms with E-state index in [0.29, 0.717) is 11.1 Å². The number of hydrogen-bond donors (Lipinski definition) is 4. The molecular weight excluding hydrogens is 468 g/mol. The van der Waals surface area contributed by atoms with Gasteiger partial charge in [-0.05, 0) is 59.7 Å². The van der Waals surface area contributed by atoms with Gasteiger partial charge in [0.1, 0.15) is 0 Å². The zero-order chi connectivity index (χ0) is 23.9. The molecule has 4 aromatic rings. The van der Waals surface area contributed by atoms with E-state index in [1.165, 1.54) is 24.5 Å². The average Bonchev–Trinajstić information content (AvgIpc) is 2.86. The van der Waals surface area contributed by atoms with Gasteiger partial charge in [-0.15, -0.1) is 12.4 Å². The van der Waals surface area contributed by atoms with Gasteiger partial charge in [0.2, 0.25) is 0 Å². The van der Waals surface area contributed by atoms with Crippen molar-refractivity contribution in [1.82, 2.24) is 9.97 Å². The maximum Gasteiger partial charge on any atom is 0.256 e. The van der Waals surface area contributed by atoms with Crippen LogP contribution in [-0.4, -0.2) is 32.0 Å². The Morgan fingerprint density at radius 3 is 1.34 bits per heavy atom. The smallest absolute Gasteiger partial charge is 0.256 e. The molecule has 0 saturated carbocycles. The van der Waals surface area contributed by atoms with Crippen LogP contribution in [0.3, 0.4) is 0 Å². The molecule has 0 aliphatic carbocycles. The molecule has 8 nitrogen and oxygen atoms in total. The van der Waals surface area contributed by atoms with Crippen LogP contribution in [0.2, 0.25) is 0 Å². The van der Waals surface area contributed by atoms with Crippen LogP contribution in [0.5, 0.6) is 11.5 Å². The standard InChI is InChI=1S/C26H20N4O4.ClH/c31-21-3-1-15-27-23(21)29-25(33)19-11-7-17(8-12-19)5-6-18-9-13-20(14-10-18)26(34)30-24-22(32)4-2-16-28-24;/h1-16,31-32H,(H,27,29,33)(H,28,30,34);1H/b6-5+;. The summed E-state index contributed by atoms with van der Waals surface area (Å²) in [6.07, 6.45) is 6.72. The Balaban J connectivity index is 0.00000342. The first-order valence-corrected chi connectivity index (χ1v) is 10.3. The molecule has 35 heavy (non-hydrogen) atoms. The van der Waals surface area contributed by atoms with Crippen molar-refractivity contribution in [2.45, 2.75) is 0 Å². The SMILES string of the molecule is Cl.O=C(Nc1ncccc1O)c1ccc(/C=C/c2ccc(C(=O)Nc3ncccc3O)cc2)cc1. The lowest BCUT2D eigenvalue weighted by molar-refractivity contribution is 0.101. The average molecular weight is 489 g/mol. The minimum atomic E-state index is -0.377. The van der Waals surface area contributed by atoms with Crippen molar-refractivity contribution in [2.24, 2.45) is 0 Å². The van der Waals surface area contributed by atoms with Crippen molar-refractivity contribution in [3.8, 4) is 11.5 Å². The molecule has 0 unspecified atom stereocenters. The summed E-state index contributed by atoms with van der Waals surface area (Å²) in [7, 11) is 0. The molecule has 2 heterocycles. The van der Waals surface area contributed by atoms with Gasteiger partial charge in [-0.25, -0.2) is 9.97 Å². The maximum atomic E-state index is 12.3. The minimum Gasteiger partial charge on any atom is -0.504 e. The fourth-order valence-corrected chi connectivity index (χ4v) is 3.03. The Labute approximate surface area is 207 Å². The van der Waals surface area contributed by atoms with Crippen LogP contribution < -0.4 is 10.6 Å². The van der Waals surface area contributed by atoms with Crippen LogP contribution in [0.4, 0.5) is 11.6 Å². The molecule has 176 valence electrons. The number of anilines is 2. The van der Waals surface area contributed by atoms with Crippen LogP contribution in [0.1, 0.15) is 31.8 Å². The number of pyridine rings is 2. The fourth-order valence-electron chi connectivity index (χ4n) is 3.03. The summed E-state index contributed by atoms with van der Waals surface area (Å²) in [6.45, 7) is 0. The highest BCUT2D eigenvalue weighted by atomic mass is 35.5. The molecule has 0 bridgehead atoms. The molecular formula is C26H21ClN4O4. The predicted molar refractivity (Wildman–Crippen MR) is 137 cm³/mol. The van der Waals surface area contributed by atoms with Gasteiger partial charge in [0.05, 0.1) is 0 Å². The Hall–Kier alpha value is -4.69. The third-order valence-corrected chi connectivity index (χ3v) is 4.85. The fraction of sp³-hybridized carbons (Fsp3) is 0. The van der Waals surface area contributed by atoms with Crippen molar-refractivity contribution in [2.75, 3.05) is 10.6 Å². The lowest BCUT2D eigenvalue weighted by atomic mass is 10.1. The number of rotatable bonds is 6. The number of amides is 2. The monoisotopic (exact) mass is 488 g/mol. The van der Waals surface area contributed by atoms with Crippen molar-refractivity contribution in [3.63, 3.8) is 0 Å². The summed E-state index contributed by atoms with van der Waals surface area (Å²) in [5.74, 6) is -0.756. The van der Waals surface area contributed by atoms with Crippen molar-refractivity contribution >= 4 is 48.0 Å². The molecule has 2 aromatic carbocycles. The normalized spacial score (nSPS) is 10.4.